The van der Waals surface area contributed by atoms with Crippen molar-refractivity contribution >= 4 is 10.8 Å². The summed E-state index contributed by atoms with van der Waals surface area (Å²) >= 11 is 0. The van der Waals surface area contributed by atoms with E-state index in [-0.39, 0.29) is 0 Å². The molecule has 1 aromatic carbocycles. The smallest absolute Gasteiger partial charge is 0.168 e. The molecule has 2 heterocycles. The second-order valence-corrected chi connectivity index (χ2v) is 3.62. The summed E-state index contributed by atoms with van der Waals surface area (Å²) in [6, 6.07) is 8.12. The first-order chi connectivity index (χ1) is 7.86. The van der Waals surface area contributed by atoms with Crippen LogP contribution < -0.4 is 0 Å². The van der Waals surface area contributed by atoms with Crippen molar-refractivity contribution in [1.82, 2.24) is 19.7 Å². The standard InChI is InChI=1S/C12H10N4/c1-9-10-4-2-3-5-11(10)12(15-14-9)16-7-6-13-8-16/h2-8H,1H3. The minimum Gasteiger partial charge on any atom is -0.289 e. The molecule has 0 saturated carbocycles. The fraction of sp³-hybridized carbons (Fsp3) is 0.0833. The molecule has 0 aliphatic carbocycles. The molecule has 0 N–H and O–H groups in total. The van der Waals surface area contributed by atoms with Gasteiger partial charge in [0, 0.05) is 23.2 Å². The van der Waals surface area contributed by atoms with Gasteiger partial charge in [0.05, 0.1) is 5.69 Å². The monoisotopic (exact) mass is 210 g/mol. The van der Waals surface area contributed by atoms with Crippen molar-refractivity contribution in [3.63, 3.8) is 0 Å². The number of benzene rings is 1. The number of nitrogens with zero attached hydrogens (tertiary/aromatic N) is 4. The third-order valence-corrected chi connectivity index (χ3v) is 2.60. The van der Waals surface area contributed by atoms with Crippen LogP contribution >= 0.6 is 0 Å². The van der Waals surface area contributed by atoms with Crippen LogP contribution in [0.5, 0.6) is 0 Å². The zero-order valence-corrected chi connectivity index (χ0v) is 8.83. The lowest BCUT2D eigenvalue weighted by atomic mass is 10.1. The van der Waals surface area contributed by atoms with Crippen molar-refractivity contribution in [2.45, 2.75) is 6.92 Å². The van der Waals surface area contributed by atoms with E-state index in [1.807, 2.05) is 35.9 Å². The topological polar surface area (TPSA) is 43.6 Å². The van der Waals surface area contributed by atoms with Gasteiger partial charge < -0.3 is 0 Å². The molecule has 0 aliphatic rings. The Morgan fingerprint density at radius 2 is 1.88 bits per heavy atom. The summed E-state index contributed by atoms with van der Waals surface area (Å²) in [5.74, 6) is 0.818. The molecule has 0 bridgehead atoms. The Balaban J connectivity index is 2.39. The molecule has 0 radical (unpaired) electrons. The van der Waals surface area contributed by atoms with Gasteiger partial charge in [-0.1, -0.05) is 24.3 Å². The maximum absolute atomic E-state index is 4.22. The predicted molar refractivity (Wildman–Crippen MR) is 61.4 cm³/mol. The number of hydrogen-bond acceptors (Lipinski definition) is 3. The quantitative estimate of drug-likeness (QED) is 0.618. The summed E-state index contributed by atoms with van der Waals surface area (Å²) in [6.07, 6.45) is 5.33. The molecular formula is C12H10N4. The molecule has 2 aromatic heterocycles. The molecule has 16 heavy (non-hydrogen) atoms. The van der Waals surface area contributed by atoms with E-state index in [0.717, 1.165) is 22.3 Å². The summed E-state index contributed by atoms with van der Waals surface area (Å²) in [4.78, 5) is 4.02. The normalized spacial score (nSPS) is 10.8. The van der Waals surface area contributed by atoms with Crippen LogP contribution in [0.3, 0.4) is 0 Å². The third-order valence-electron chi connectivity index (χ3n) is 2.60. The zero-order chi connectivity index (χ0) is 11.0. The van der Waals surface area contributed by atoms with Crippen LogP contribution in [0.4, 0.5) is 0 Å². The van der Waals surface area contributed by atoms with Gasteiger partial charge >= 0.3 is 0 Å². The maximum Gasteiger partial charge on any atom is 0.168 e. The summed E-state index contributed by atoms with van der Waals surface area (Å²) < 4.78 is 1.87. The van der Waals surface area contributed by atoms with Crippen molar-refractivity contribution in [3.05, 3.63) is 48.7 Å². The highest BCUT2D eigenvalue weighted by molar-refractivity contribution is 5.89. The number of imidazole rings is 1. The number of aryl methyl sites for hydroxylation is 1. The summed E-state index contributed by atoms with van der Waals surface area (Å²) in [7, 11) is 0. The lowest BCUT2D eigenvalue weighted by Crippen LogP contribution is -2.00. The van der Waals surface area contributed by atoms with E-state index in [4.69, 9.17) is 0 Å². The van der Waals surface area contributed by atoms with Crippen LogP contribution in [-0.2, 0) is 0 Å². The number of fused-ring (bicyclic) bond motifs is 1. The first-order valence-corrected chi connectivity index (χ1v) is 5.06. The Morgan fingerprint density at radius 1 is 1.06 bits per heavy atom. The molecule has 3 rings (SSSR count). The minimum atomic E-state index is 0.818. The highest BCUT2D eigenvalue weighted by atomic mass is 15.2. The second-order valence-electron chi connectivity index (χ2n) is 3.62. The minimum absolute atomic E-state index is 0.818. The van der Waals surface area contributed by atoms with Gasteiger partial charge in [-0.15, -0.1) is 5.10 Å². The van der Waals surface area contributed by atoms with Gasteiger partial charge in [-0.25, -0.2) is 4.98 Å². The van der Waals surface area contributed by atoms with Gasteiger partial charge in [0.2, 0.25) is 0 Å². The van der Waals surface area contributed by atoms with Gasteiger partial charge in [-0.05, 0) is 6.92 Å². The maximum atomic E-state index is 4.22. The van der Waals surface area contributed by atoms with Gasteiger partial charge in [-0.2, -0.15) is 5.10 Å². The average molecular weight is 210 g/mol. The number of rotatable bonds is 1. The molecule has 0 saturated heterocycles. The van der Waals surface area contributed by atoms with E-state index >= 15 is 0 Å². The predicted octanol–water partition coefficient (Wildman–Crippen LogP) is 2.12. The molecule has 4 nitrogen and oxygen atoms in total. The van der Waals surface area contributed by atoms with Gasteiger partial charge in [0.25, 0.3) is 0 Å². The van der Waals surface area contributed by atoms with E-state index < -0.39 is 0 Å². The number of hydrogen-bond donors (Lipinski definition) is 0. The lowest BCUT2D eigenvalue weighted by molar-refractivity contribution is 0.910. The van der Waals surface area contributed by atoms with Crippen molar-refractivity contribution in [2.75, 3.05) is 0 Å². The van der Waals surface area contributed by atoms with Crippen LogP contribution in [0, 0.1) is 6.92 Å². The largest absolute Gasteiger partial charge is 0.289 e. The van der Waals surface area contributed by atoms with Crippen LogP contribution in [0.25, 0.3) is 16.6 Å². The van der Waals surface area contributed by atoms with E-state index in [1.54, 1.807) is 12.5 Å². The van der Waals surface area contributed by atoms with E-state index in [9.17, 15) is 0 Å². The molecule has 0 fully saturated rings. The highest BCUT2D eigenvalue weighted by Gasteiger charge is 2.06. The molecule has 0 aliphatic heterocycles. The van der Waals surface area contributed by atoms with Gasteiger partial charge in [0.1, 0.15) is 6.33 Å². The van der Waals surface area contributed by atoms with Gasteiger partial charge in [-0.3, -0.25) is 4.57 Å². The zero-order valence-electron chi connectivity index (χ0n) is 8.83. The fourth-order valence-corrected chi connectivity index (χ4v) is 1.80. The molecular weight excluding hydrogens is 200 g/mol. The Kier molecular flexibility index (Phi) is 1.93. The van der Waals surface area contributed by atoms with Crippen molar-refractivity contribution in [3.8, 4) is 5.82 Å². The lowest BCUT2D eigenvalue weighted by Gasteiger charge is -2.06. The molecule has 3 aromatic rings. The Morgan fingerprint density at radius 3 is 2.62 bits per heavy atom. The molecule has 4 heteroatoms. The fourth-order valence-electron chi connectivity index (χ4n) is 1.80. The van der Waals surface area contributed by atoms with E-state index in [1.165, 1.54) is 0 Å². The number of aromatic nitrogens is 4. The molecule has 0 spiro atoms. The van der Waals surface area contributed by atoms with E-state index in [2.05, 4.69) is 21.2 Å². The molecule has 0 atom stereocenters. The van der Waals surface area contributed by atoms with Crippen LogP contribution in [0.1, 0.15) is 5.69 Å². The van der Waals surface area contributed by atoms with Crippen LogP contribution in [-0.4, -0.2) is 19.7 Å². The van der Waals surface area contributed by atoms with Gasteiger partial charge in [0.15, 0.2) is 5.82 Å². The molecule has 0 unspecified atom stereocenters. The van der Waals surface area contributed by atoms with Crippen molar-refractivity contribution in [2.24, 2.45) is 0 Å². The molecule has 0 amide bonds. The first kappa shape index (κ1) is 9.03. The molecule has 78 valence electrons. The summed E-state index contributed by atoms with van der Waals surface area (Å²) in [5.41, 5.74) is 0.944. The average Bonchev–Trinajstić information content (AvgIpc) is 2.83. The van der Waals surface area contributed by atoms with E-state index in [0.29, 0.717) is 0 Å². The van der Waals surface area contributed by atoms with Crippen molar-refractivity contribution in [1.29, 1.82) is 0 Å². The summed E-state index contributed by atoms with van der Waals surface area (Å²) in [6.45, 7) is 1.97. The van der Waals surface area contributed by atoms with Crippen molar-refractivity contribution < 1.29 is 0 Å². The summed E-state index contributed by atoms with van der Waals surface area (Å²) in [5, 5.41) is 10.6. The Hall–Kier alpha value is -2.23. The Bertz CT molecular complexity index is 629. The second kappa shape index (κ2) is 3.41. The first-order valence-electron chi connectivity index (χ1n) is 5.06. The Labute approximate surface area is 92.6 Å². The SMILES string of the molecule is Cc1nnc(-n2ccnc2)c2ccccc12. The third kappa shape index (κ3) is 1.27. The van der Waals surface area contributed by atoms with Crippen LogP contribution in [0.15, 0.2) is 43.0 Å². The highest BCUT2D eigenvalue weighted by Crippen LogP contribution is 2.20. The van der Waals surface area contributed by atoms with Crippen LogP contribution in [0.2, 0.25) is 0 Å².